The molecule has 0 unspecified atom stereocenters. The number of hydrogen-bond acceptors (Lipinski definition) is 5. The first-order chi connectivity index (χ1) is 15.2. The summed E-state index contributed by atoms with van der Waals surface area (Å²) in [4.78, 5) is 17.6. The highest BCUT2D eigenvalue weighted by molar-refractivity contribution is 5.91. The first-order valence-electron chi connectivity index (χ1n) is 11.2. The van der Waals surface area contributed by atoms with E-state index < -0.39 is 0 Å². The third-order valence-corrected chi connectivity index (χ3v) is 6.19. The van der Waals surface area contributed by atoms with Crippen LogP contribution in [0.1, 0.15) is 38.3 Å². The number of anilines is 1. The fourth-order valence-electron chi connectivity index (χ4n) is 4.32. The normalized spacial score (nSPS) is 16.8. The van der Waals surface area contributed by atoms with Crippen molar-refractivity contribution in [2.75, 3.05) is 31.1 Å². The van der Waals surface area contributed by atoms with E-state index >= 15 is 0 Å². The van der Waals surface area contributed by atoms with Crippen LogP contribution in [0.4, 0.5) is 5.82 Å². The predicted octanol–water partition coefficient (Wildman–Crippen LogP) is 3.80. The summed E-state index contributed by atoms with van der Waals surface area (Å²) < 4.78 is 0. The van der Waals surface area contributed by atoms with Gasteiger partial charge in [0.15, 0.2) is 5.82 Å². The van der Waals surface area contributed by atoms with Gasteiger partial charge in [-0.15, -0.1) is 5.10 Å². The molecule has 1 amide bonds. The molecule has 1 saturated heterocycles. The van der Waals surface area contributed by atoms with E-state index in [1.165, 1.54) is 5.56 Å². The molecule has 2 atom stereocenters. The molecule has 0 saturated carbocycles. The van der Waals surface area contributed by atoms with Gasteiger partial charge in [0.2, 0.25) is 5.91 Å². The standard InChI is InChI=1S/C25H31N5O/c1-3-9-23(20-10-5-4-6-11-20)27-25(31)19(2)29-14-16-30(17-15-29)24-22-13-8-7-12-21(22)18-26-28-24/h4-8,10-13,18-19,23H,3,9,14-17H2,1-2H3,(H,27,31)/t19-,23+/m0/s1. The van der Waals surface area contributed by atoms with E-state index in [0.29, 0.717) is 0 Å². The zero-order valence-electron chi connectivity index (χ0n) is 18.4. The summed E-state index contributed by atoms with van der Waals surface area (Å²) in [6.07, 6.45) is 3.77. The maximum absolute atomic E-state index is 13.0. The van der Waals surface area contributed by atoms with E-state index in [1.807, 2.05) is 37.3 Å². The minimum atomic E-state index is -0.163. The third-order valence-electron chi connectivity index (χ3n) is 6.19. The van der Waals surface area contributed by atoms with Crippen molar-refractivity contribution in [2.24, 2.45) is 0 Å². The number of benzene rings is 2. The molecule has 6 nitrogen and oxygen atoms in total. The summed E-state index contributed by atoms with van der Waals surface area (Å²) in [5.74, 6) is 1.03. The predicted molar refractivity (Wildman–Crippen MR) is 125 cm³/mol. The number of hydrogen-bond donors (Lipinski definition) is 1. The topological polar surface area (TPSA) is 61.4 Å². The molecular formula is C25H31N5O. The number of rotatable bonds is 7. The summed E-state index contributed by atoms with van der Waals surface area (Å²) in [6.45, 7) is 7.47. The Bertz CT molecular complexity index is 996. The highest BCUT2D eigenvalue weighted by Gasteiger charge is 2.28. The van der Waals surface area contributed by atoms with Gasteiger partial charge in [-0.3, -0.25) is 9.69 Å². The van der Waals surface area contributed by atoms with Crippen LogP contribution in [0.25, 0.3) is 10.8 Å². The van der Waals surface area contributed by atoms with Gasteiger partial charge in [-0.25, -0.2) is 0 Å². The molecule has 31 heavy (non-hydrogen) atoms. The van der Waals surface area contributed by atoms with Gasteiger partial charge in [-0.05, 0) is 18.9 Å². The number of nitrogens with zero attached hydrogens (tertiary/aromatic N) is 4. The minimum absolute atomic E-state index is 0.0633. The van der Waals surface area contributed by atoms with E-state index in [1.54, 1.807) is 6.20 Å². The Balaban J connectivity index is 1.38. The molecule has 2 heterocycles. The lowest BCUT2D eigenvalue weighted by atomic mass is 10.0. The van der Waals surface area contributed by atoms with E-state index in [9.17, 15) is 4.79 Å². The molecule has 162 valence electrons. The first kappa shape index (κ1) is 21.2. The Hall–Kier alpha value is -2.99. The Morgan fingerprint density at radius 3 is 2.48 bits per heavy atom. The highest BCUT2D eigenvalue weighted by atomic mass is 16.2. The van der Waals surface area contributed by atoms with E-state index in [4.69, 9.17) is 0 Å². The smallest absolute Gasteiger partial charge is 0.237 e. The van der Waals surface area contributed by atoms with Crippen LogP contribution in [-0.2, 0) is 4.79 Å². The average Bonchev–Trinajstić information content (AvgIpc) is 2.83. The number of fused-ring (bicyclic) bond motifs is 1. The van der Waals surface area contributed by atoms with Crippen LogP contribution in [0, 0.1) is 0 Å². The lowest BCUT2D eigenvalue weighted by Gasteiger charge is -2.38. The van der Waals surface area contributed by atoms with Crippen LogP contribution < -0.4 is 10.2 Å². The van der Waals surface area contributed by atoms with Crippen molar-refractivity contribution in [3.63, 3.8) is 0 Å². The number of carbonyl (C=O) groups excluding carboxylic acids is 1. The number of nitrogens with one attached hydrogen (secondary N) is 1. The zero-order valence-corrected chi connectivity index (χ0v) is 18.4. The van der Waals surface area contributed by atoms with Gasteiger partial charge in [-0.1, -0.05) is 67.9 Å². The van der Waals surface area contributed by atoms with E-state index in [2.05, 4.69) is 56.5 Å². The Labute approximate surface area is 184 Å². The summed E-state index contributed by atoms with van der Waals surface area (Å²) in [5, 5.41) is 14.1. The molecule has 1 aliphatic heterocycles. The molecule has 1 aliphatic rings. The number of carbonyl (C=O) groups is 1. The maximum Gasteiger partial charge on any atom is 0.237 e. The van der Waals surface area contributed by atoms with Crippen molar-refractivity contribution < 1.29 is 4.79 Å². The summed E-state index contributed by atoms with van der Waals surface area (Å²) in [5.41, 5.74) is 1.17. The molecule has 1 aromatic heterocycles. The molecule has 6 heteroatoms. The molecule has 2 aromatic carbocycles. The second-order valence-corrected chi connectivity index (χ2v) is 8.21. The van der Waals surface area contributed by atoms with Crippen molar-refractivity contribution in [1.82, 2.24) is 20.4 Å². The zero-order chi connectivity index (χ0) is 21.6. The van der Waals surface area contributed by atoms with Gasteiger partial charge in [0.25, 0.3) is 0 Å². The van der Waals surface area contributed by atoms with Crippen molar-refractivity contribution in [2.45, 2.75) is 38.8 Å². The van der Waals surface area contributed by atoms with Gasteiger partial charge in [-0.2, -0.15) is 5.10 Å². The van der Waals surface area contributed by atoms with Crippen LogP contribution in [0.3, 0.4) is 0 Å². The lowest BCUT2D eigenvalue weighted by Crippen LogP contribution is -2.54. The van der Waals surface area contributed by atoms with Crippen molar-refractivity contribution in [3.05, 3.63) is 66.4 Å². The van der Waals surface area contributed by atoms with E-state index in [0.717, 1.165) is 55.6 Å². The van der Waals surface area contributed by atoms with Crippen molar-refractivity contribution in [3.8, 4) is 0 Å². The van der Waals surface area contributed by atoms with Crippen LogP contribution in [0.5, 0.6) is 0 Å². The molecule has 0 bridgehead atoms. The summed E-state index contributed by atoms with van der Waals surface area (Å²) in [7, 11) is 0. The highest BCUT2D eigenvalue weighted by Crippen LogP contribution is 2.24. The molecule has 3 aromatic rings. The van der Waals surface area contributed by atoms with Crippen molar-refractivity contribution >= 4 is 22.5 Å². The Morgan fingerprint density at radius 2 is 1.74 bits per heavy atom. The fourth-order valence-corrected chi connectivity index (χ4v) is 4.32. The number of amides is 1. The molecule has 1 fully saturated rings. The number of piperazine rings is 1. The van der Waals surface area contributed by atoms with Gasteiger partial charge in [0.1, 0.15) is 0 Å². The molecule has 4 rings (SSSR count). The van der Waals surface area contributed by atoms with Gasteiger partial charge in [0.05, 0.1) is 18.3 Å². The molecular weight excluding hydrogens is 386 g/mol. The van der Waals surface area contributed by atoms with Crippen LogP contribution in [0.2, 0.25) is 0 Å². The Morgan fingerprint density at radius 1 is 1.03 bits per heavy atom. The van der Waals surface area contributed by atoms with E-state index in [-0.39, 0.29) is 18.0 Å². The minimum Gasteiger partial charge on any atom is -0.352 e. The SMILES string of the molecule is CCC[C@@H](NC(=O)[C@H](C)N1CCN(c2nncc3ccccc23)CC1)c1ccccc1. The third kappa shape index (κ3) is 4.85. The van der Waals surface area contributed by atoms with Gasteiger partial charge in [0, 0.05) is 37.0 Å². The molecule has 0 aliphatic carbocycles. The number of aromatic nitrogens is 2. The van der Waals surface area contributed by atoms with Crippen LogP contribution >= 0.6 is 0 Å². The maximum atomic E-state index is 13.0. The molecule has 1 N–H and O–H groups in total. The van der Waals surface area contributed by atoms with Crippen LogP contribution in [-0.4, -0.2) is 53.2 Å². The molecule has 0 radical (unpaired) electrons. The lowest BCUT2D eigenvalue weighted by molar-refractivity contribution is -0.126. The first-order valence-corrected chi connectivity index (χ1v) is 11.2. The van der Waals surface area contributed by atoms with Gasteiger partial charge >= 0.3 is 0 Å². The largest absolute Gasteiger partial charge is 0.352 e. The average molecular weight is 418 g/mol. The monoisotopic (exact) mass is 417 g/mol. The fraction of sp³-hybridized carbons (Fsp3) is 0.400. The second-order valence-electron chi connectivity index (χ2n) is 8.21. The molecule has 0 spiro atoms. The van der Waals surface area contributed by atoms with Crippen LogP contribution in [0.15, 0.2) is 60.8 Å². The summed E-state index contributed by atoms with van der Waals surface area (Å²) in [6, 6.07) is 18.4. The quantitative estimate of drug-likeness (QED) is 0.634. The van der Waals surface area contributed by atoms with Gasteiger partial charge < -0.3 is 10.2 Å². The van der Waals surface area contributed by atoms with Crippen molar-refractivity contribution in [1.29, 1.82) is 0 Å². The summed E-state index contributed by atoms with van der Waals surface area (Å²) >= 11 is 0. The Kier molecular flexibility index (Phi) is 6.77. The second kappa shape index (κ2) is 9.88.